The predicted octanol–water partition coefficient (Wildman–Crippen LogP) is 3.06. The second-order valence-electron chi connectivity index (χ2n) is 5.84. The van der Waals surface area contributed by atoms with Gasteiger partial charge in [-0.3, -0.25) is 4.21 Å². The topological polar surface area (TPSA) is 29.1 Å². The lowest BCUT2D eigenvalue weighted by Crippen LogP contribution is -2.34. The van der Waals surface area contributed by atoms with Crippen molar-refractivity contribution < 1.29 is 4.21 Å². The summed E-state index contributed by atoms with van der Waals surface area (Å²) in [5, 5.41) is 3.66. The van der Waals surface area contributed by atoms with Crippen molar-refractivity contribution in [2.45, 2.75) is 44.4 Å². The molecule has 1 aromatic rings. The van der Waals surface area contributed by atoms with Crippen LogP contribution in [0.1, 0.15) is 43.9 Å². The van der Waals surface area contributed by atoms with Gasteiger partial charge in [-0.2, -0.15) is 0 Å². The summed E-state index contributed by atoms with van der Waals surface area (Å²) in [7, 11) is 1.24. The fraction of sp³-hybridized carbons (Fsp3) is 0.625. The van der Waals surface area contributed by atoms with Crippen LogP contribution in [0.2, 0.25) is 0 Å². The van der Waals surface area contributed by atoms with Crippen LogP contribution in [0.3, 0.4) is 0 Å². The molecule has 19 heavy (non-hydrogen) atoms. The average Bonchev–Trinajstić information content (AvgIpc) is 2.56. The molecule has 2 rings (SSSR count). The second-order valence-corrected chi connectivity index (χ2v) is 7.54. The maximum Gasteiger partial charge on any atom is 0.0543 e. The molecule has 0 fully saturated rings. The van der Waals surface area contributed by atoms with Crippen molar-refractivity contribution >= 4 is 10.8 Å². The molecule has 0 saturated heterocycles. The lowest BCUT2D eigenvalue weighted by molar-refractivity contribution is 0.528. The maximum atomic E-state index is 12.6. The Morgan fingerprint density at radius 3 is 2.79 bits per heavy atom. The van der Waals surface area contributed by atoms with E-state index < -0.39 is 10.8 Å². The molecule has 0 aliphatic heterocycles. The highest BCUT2D eigenvalue weighted by Gasteiger charge is 2.30. The van der Waals surface area contributed by atoms with Gasteiger partial charge in [0.15, 0.2) is 0 Å². The van der Waals surface area contributed by atoms with Crippen molar-refractivity contribution in [2.75, 3.05) is 12.8 Å². The molecule has 0 heterocycles. The van der Waals surface area contributed by atoms with Gasteiger partial charge >= 0.3 is 0 Å². The van der Waals surface area contributed by atoms with E-state index in [1.54, 1.807) is 0 Å². The minimum atomic E-state index is -0.747. The third kappa shape index (κ3) is 3.46. The normalized spacial score (nSPS) is 24.8. The zero-order valence-corrected chi connectivity index (χ0v) is 13.0. The molecule has 2 nitrogen and oxygen atoms in total. The first kappa shape index (κ1) is 14.7. The Kier molecular flexibility index (Phi) is 5.17. The van der Waals surface area contributed by atoms with Crippen LogP contribution in [0, 0.1) is 5.92 Å². The fourth-order valence-electron chi connectivity index (χ4n) is 3.00. The summed E-state index contributed by atoms with van der Waals surface area (Å²) in [6, 6.07) is 8.85. The van der Waals surface area contributed by atoms with Gasteiger partial charge in [0.05, 0.1) is 5.25 Å². The minimum Gasteiger partial charge on any atom is -0.312 e. The number of hydrogen-bond acceptors (Lipinski definition) is 2. The van der Waals surface area contributed by atoms with Crippen LogP contribution in [0.25, 0.3) is 0 Å². The molecule has 0 bridgehead atoms. The highest BCUT2D eigenvalue weighted by molar-refractivity contribution is 7.85. The lowest BCUT2D eigenvalue weighted by Gasteiger charge is -2.26. The molecule has 0 amide bonds. The Morgan fingerprint density at radius 2 is 2.11 bits per heavy atom. The number of aryl methyl sites for hydroxylation is 1. The van der Waals surface area contributed by atoms with Crippen molar-refractivity contribution in [3.05, 3.63) is 35.4 Å². The number of fused-ring (bicyclic) bond motifs is 1. The smallest absolute Gasteiger partial charge is 0.0543 e. The molecule has 3 atom stereocenters. The molecule has 0 aromatic heterocycles. The quantitative estimate of drug-likeness (QED) is 0.858. The molecular weight excluding hydrogens is 254 g/mol. The third-order valence-electron chi connectivity index (χ3n) is 3.84. The van der Waals surface area contributed by atoms with E-state index in [4.69, 9.17) is 0 Å². The summed E-state index contributed by atoms with van der Waals surface area (Å²) < 4.78 is 12.6. The predicted molar refractivity (Wildman–Crippen MR) is 82.8 cm³/mol. The van der Waals surface area contributed by atoms with Crippen molar-refractivity contribution in [3.8, 4) is 0 Å². The zero-order valence-electron chi connectivity index (χ0n) is 12.2. The molecule has 106 valence electrons. The zero-order chi connectivity index (χ0) is 13.8. The average molecular weight is 279 g/mol. The summed E-state index contributed by atoms with van der Waals surface area (Å²) in [5.74, 6) is 1.31. The number of nitrogens with one attached hydrogen (secondary N) is 1. The highest BCUT2D eigenvalue weighted by atomic mass is 32.2. The van der Waals surface area contributed by atoms with E-state index in [0.717, 1.165) is 25.0 Å². The highest BCUT2D eigenvalue weighted by Crippen LogP contribution is 2.32. The first-order valence-corrected chi connectivity index (χ1v) is 8.64. The summed E-state index contributed by atoms with van der Waals surface area (Å²) in [6.45, 7) is 4.30. The first-order chi connectivity index (χ1) is 9.13. The van der Waals surface area contributed by atoms with Crippen LogP contribution < -0.4 is 5.32 Å². The van der Waals surface area contributed by atoms with Crippen LogP contribution in [0.5, 0.6) is 0 Å². The first-order valence-electron chi connectivity index (χ1n) is 7.25. The molecule has 1 aliphatic carbocycles. The Labute approximate surface area is 119 Å². The van der Waals surface area contributed by atoms with E-state index >= 15 is 0 Å². The summed E-state index contributed by atoms with van der Waals surface area (Å²) >= 11 is 0. The molecular formula is C16H25NOS. The van der Waals surface area contributed by atoms with Crippen LogP contribution in [-0.2, 0) is 17.2 Å². The summed E-state index contributed by atoms with van der Waals surface area (Å²) in [4.78, 5) is 0. The van der Waals surface area contributed by atoms with E-state index in [-0.39, 0.29) is 11.3 Å². The SMILES string of the molecule is CNC1c2ccccc2CCCC1S(=O)CC(C)C. The fourth-order valence-corrected chi connectivity index (χ4v) is 4.92. The lowest BCUT2D eigenvalue weighted by atomic mass is 9.99. The van der Waals surface area contributed by atoms with Gasteiger partial charge in [0.25, 0.3) is 0 Å². The van der Waals surface area contributed by atoms with Gasteiger partial charge in [0, 0.05) is 22.6 Å². The Hall–Kier alpha value is -0.670. The monoisotopic (exact) mass is 279 g/mol. The van der Waals surface area contributed by atoms with Crippen LogP contribution in [0.15, 0.2) is 24.3 Å². The summed E-state index contributed by atoms with van der Waals surface area (Å²) in [6.07, 6.45) is 3.31. The van der Waals surface area contributed by atoms with Crippen LogP contribution in [-0.4, -0.2) is 22.3 Å². The van der Waals surface area contributed by atoms with Crippen molar-refractivity contribution in [1.82, 2.24) is 5.32 Å². The van der Waals surface area contributed by atoms with Gasteiger partial charge in [0.1, 0.15) is 0 Å². The Morgan fingerprint density at radius 1 is 1.37 bits per heavy atom. The van der Waals surface area contributed by atoms with E-state index in [0.29, 0.717) is 5.92 Å². The van der Waals surface area contributed by atoms with Gasteiger partial charge in [0.2, 0.25) is 0 Å². The third-order valence-corrected chi connectivity index (χ3v) is 6.02. The molecule has 0 spiro atoms. The number of hydrogen-bond donors (Lipinski definition) is 1. The Bertz CT molecular complexity index is 444. The summed E-state index contributed by atoms with van der Waals surface area (Å²) in [5.41, 5.74) is 2.77. The molecule has 0 saturated carbocycles. The van der Waals surface area contributed by atoms with Gasteiger partial charge < -0.3 is 5.32 Å². The molecule has 1 aliphatic rings. The van der Waals surface area contributed by atoms with Gasteiger partial charge in [-0.05, 0) is 43.4 Å². The van der Waals surface area contributed by atoms with E-state index in [1.807, 2.05) is 7.05 Å². The standard InChI is InChI=1S/C16H25NOS/c1-12(2)11-19(18)15-10-6-8-13-7-4-5-9-14(13)16(15)17-3/h4-5,7,9,12,15-17H,6,8,10-11H2,1-3H3. The van der Waals surface area contributed by atoms with E-state index in [1.165, 1.54) is 11.1 Å². The van der Waals surface area contributed by atoms with Crippen molar-refractivity contribution in [1.29, 1.82) is 0 Å². The van der Waals surface area contributed by atoms with Gasteiger partial charge in [-0.25, -0.2) is 0 Å². The number of benzene rings is 1. The van der Waals surface area contributed by atoms with Crippen LogP contribution in [0.4, 0.5) is 0 Å². The molecule has 3 heteroatoms. The molecule has 0 radical (unpaired) electrons. The largest absolute Gasteiger partial charge is 0.312 e. The van der Waals surface area contributed by atoms with Gasteiger partial charge in [-0.1, -0.05) is 38.1 Å². The van der Waals surface area contributed by atoms with Crippen molar-refractivity contribution in [3.63, 3.8) is 0 Å². The molecule has 3 unspecified atom stereocenters. The van der Waals surface area contributed by atoms with E-state index in [2.05, 4.69) is 43.4 Å². The van der Waals surface area contributed by atoms with Crippen LogP contribution >= 0.6 is 0 Å². The Balaban J connectivity index is 2.28. The van der Waals surface area contributed by atoms with E-state index in [9.17, 15) is 4.21 Å². The van der Waals surface area contributed by atoms with Crippen molar-refractivity contribution in [2.24, 2.45) is 5.92 Å². The number of rotatable bonds is 4. The minimum absolute atomic E-state index is 0.235. The maximum absolute atomic E-state index is 12.6. The molecule has 1 N–H and O–H groups in total. The van der Waals surface area contributed by atoms with Gasteiger partial charge in [-0.15, -0.1) is 0 Å². The molecule has 1 aromatic carbocycles. The second kappa shape index (κ2) is 6.67.